The normalized spacial score (nSPS) is 21.0. The van der Waals surface area contributed by atoms with Crippen LogP contribution in [0.4, 0.5) is 5.82 Å². The number of carbonyl (C=O) groups excluding carboxylic acids is 1. The molecule has 0 aliphatic carbocycles. The van der Waals surface area contributed by atoms with Crippen molar-refractivity contribution in [1.29, 1.82) is 0 Å². The van der Waals surface area contributed by atoms with Gasteiger partial charge in [-0.3, -0.25) is 9.69 Å². The first-order valence-corrected chi connectivity index (χ1v) is 11.4. The second kappa shape index (κ2) is 8.26. The van der Waals surface area contributed by atoms with E-state index in [0.717, 1.165) is 61.4 Å². The van der Waals surface area contributed by atoms with Gasteiger partial charge in [0.1, 0.15) is 0 Å². The van der Waals surface area contributed by atoms with Crippen LogP contribution in [-0.2, 0) is 4.79 Å². The highest BCUT2D eigenvalue weighted by Crippen LogP contribution is 2.29. The fourth-order valence-electron chi connectivity index (χ4n) is 5.20. The van der Waals surface area contributed by atoms with E-state index in [2.05, 4.69) is 63.0 Å². The molecule has 0 saturated carbocycles. The van der Waals surface area contributed by atoms with Gasteiger partial charge < -0.3 is 14.6 Å². The standard InChI is InChI=1S/C24H31N5O/c1-2-27-13-5-7-19(27)17-25-24(30)18-11-15-28(16-12-18)23-22-10-6-14-29(22)21-9-4-3-8-20(21)26-23/h3-4,6,8-10,14,18-19H,2,5,7,11-13,15-17H2,1H3,(H,25,30). The number of rotatable bonds is 5. The maximum absolute atomic E-state index is 12.8. The SMILES string of the molecule is CCN1CCCC1CNC(=O)C1CCN(c2nc3ccccc3n3cccc23)CC1. The van der Waals surface area contributed by atoms with E-state index in [9.17, 15) is 4.79 Å². The van der Waals surface area contributed by atoms with E-state index in [1.54, 1.807) is 0 Å². The fourth-order valence-corrected chi connectivity index (χ4v) is 5.20. The zero-order chi connectivity index (χ0) is 20.5. The second-order valence-corrected chi connectivity index (χ2v) is 8.62. The summed E-state index contributed by atoms with van der Waals surface area (Å²) < 4.78 is 2.22. The van der Waals surface area contributed by atoms with Crippen molar-refractivity contribution in [1.82, 2.24) is 19.6 Å². The summed E-state index contributed by atoms with van der Waals surface area (Å²) in [7, 11) is 0. The lowest BCUT2D eigenvalue weighted by atomic mass is 9.95. The number of hydrogen-bond donors (Lipinski definition) is 1. The molecule has 2 aromatic heterocycles. The zero-order valence-electron chi connectivity index (χ0n) is 17.8. The smallest absolute Gasteiger partial charge is 0.223 e. The molecule has 1 amide bonds. The molecule has 1 unspecified atom stereocenters. The van der Waals surface area contributed by atoms with Gasteiger partial charge in [-0.15, -0.1) is 0 Å². The maximum atomic E-state index is 12.8. The first-order valence-electron chi connectivity index (χ1n) is 11.4. The van der Waals surface area contributed by atoms with Crippen LogP contribution in [0.1, 0.15) is 32.6 Å². The summed E-state index contributed by atoms with van der Waals surface area (Å²) in [5, 5.41) is 3.24. The molecule has 3 aromatic rings. The van der Waals surface area contributed by atoms with Gasteiger partial charge in [0, 0.05) is 37.8 Å². The summed E-state index contributed by atoms with van der Waals surface area (Å²) >= 11 is 0. The highest BCUT2D eigenvalue weighted by atomic mass is 16.1. The average Bonchev–Trinajstić information content (AvgIpc) is 3.46. The molecule has 2 aliphatic heterocycles. The molecule has 1 aromatic carbocycles. The third kappa shape index (κ3) is 3.54. The molecule has 6 heteroatoms. The average molecular weight is 406 g/mol. The number of nitrogens with zero attached hydrogens (tertiary/aromatic N) is 4. The third-order valence-corrected chi connectivity index (χ3v) is 6.93. The molecule has 6 nitrogen and oxygen atoms in total. The Hall–Kier alpha value is -2.60. The minimum absolute atomic E-state index is 0.112. The van der Waals surface area contributed by atoms with Crippen molar-refractivity contribution >= 4 is 28.3 Å². The highest BCUT2D eigenvalue weighted by Gasteiger charge is 2.28. The van der Waals surface area contributed by atoms with Crippen molar-refractivity contribution in [2.24, 2.45) is 5.92 Å². The van der Waals surface area contributed by atoms with E-state index >= 15 is 0 Å². The molecule has 2 aliphatic rings. The van der Waals surface area contributed by atoms with Crippen LogP contribution >= 0.6 is 0 Å². The quantitative estimate of drug-likeness (QED) is 0.708. The van der Waals surface area contributed by atoms with Gasteiger partial charge in [-0.2, -0.15) is 0 Å². The number of piperidine rings is 1. The number of likely N-dealkylation sites (tertiary alicyclic amines) is 1. The molecule has 158 valence electrons. The van der Waals surface area contributed by atoms with Crippen LogP contribution in [0.3, 0.4) is 0 Å². The minimum Gasteiger partial charge on any atom is -0.355 e. The van der Waals surface area contributed by atoms with Gasteiger partial charge in [0.25, 0.3) is 0 Å². The Balaban J connectivity index is 1.25. The summed E-state index contributed by atoms with van der Waals surface area (Å²) in [6.45, 7) is 6.99. The Morgan fingerprint density at radius 2 is 1.87 bits per heavy atom. The van der Waals surface area contributed by atoms with Crippen molar-refractivity contribution in [2.45, 2.75) is 38.6 Å². The number of nitrogens with one attached hydrogen (secondary N) is 1. The number of likely N-dealkylation sites (N-methyl/N-ethyl adjacent to an activating group) is 1. The highest BCUT2D eigenvalue weighted by molar-refractivity contribution is 5.85. The molecule has 1 N–H and O–H groups in total. The van der Waals surface area contributed by atoms with Gasteiger partial charge in [-0.25, -0.2) is 4.98 Å². The van der Waals surface area contributed by atoms with E-state index in [-0.39, 0.29) is 11.8 Å². The topological polar surface area (TPSA) is 52.9 Å². The number of aromatic nitrogens is 2. The van der Waals surface area contributed by atoms with Crippen molar-refractivity contribution in [3.63, 3.8) is 0 Å². The molecule has 0 spiro atoms. The summed E-state index contributed by atoms with van der Waals surface area (Å²) in [6.07, 6.45) is 6.32. The summed E-state index contributed by atoms with van der Waals surface area (Å²) in [6, 6.07) is 13.0. The molecule has 0 bridgehead atoms. The van der Waals surface area contributed by atoms with Crippen LogP contribution in [0.25, 0.3) is 16.6 Å². The van der Waals surface area contributed by atoms with Gasteiger partial charge in [0.15, 0.2) is 5.82 Å². The first kappa shape index (κ1) is 19.4. The minimum atomic E-state index is 0.112. The largest absolute Gasteiger partial charge is 0.355 e. The number of benzene rings is 1. The van der Waals surface area contributed by atoms with Gasteiger partial charge in [-0.05, 0) is 63.0 Å². The van der Waals surface area contributed by atoms with Crippen LogP contribution in [0.5, 0.6) is 0 Å². The Morgan fingerprint density at radius 3 is 2.70 bits per heavy atom. The second-order valence-electron chi connectivity index (χ2n) is 8.62. The predicted molar refractivity (Wildman–Crippen MR) is 121 cm³/mol. The molecule has 0 radical (unpaired) electrons. The summed E-state index contributed by atoms with van der Waals surface area (Å²) in [4.78, 5) is 22.6. The molecule has 2 fully saturated rings. The Bertz CT molecular complexity index is 1040. The van der Waals surface area contributed by atoms with Crippen molar-refractivity contribution < 1.29 is 4.79 Å². The number of anilines is 1. The van der Waals surface area contributed by atoms with Crippen LogP contribution in [0.2, 0.25) is 0 Å². The van der Waals surface area contributed by atoms with Crippen LogP contribution in [0.15, 0.2) is 42.6 Å². The molecule has 30 heavy (non-hydrogen) atoms. The number of fused-ring (bicyclic) bond motifs is 3. The molecule has 4 heterocycles. The number of carbonyl (C=O) groups is 1. The van der Waals surface area contributed by atoms with Gasteiger partial charge in [-0.1, -0.05) is 19.1 Å². The number of para-hydroxylation sites is 2. The Labute approximate surface area is 177 Å². The maximum Gasteiger partial charge on any atom is 0.223 e. The predicted octanol–water partition coefficient (Wildman–Crippen LogP) is 3.30. The zero-order valence-corrected chi connectivity index (χ0v) is 17.8. The van der Waals surface area contributed by atoms with E-state index in [4.69, 9.17) is 4.98 Å². The van der Waals surface area contributed by atoms with Crippen LogP contribution in [0, 0.1) is 5.92 Å². The van der Waals surface area contributed by atoms with Gasteiger partial charge in [0.05, 0.1) is 16.6 Å². The molecule has 1 atom stereocenters. The lowest BCUT2D eigenvalue weighted by Gasteiger charge is -2.33. The van der Waals surface area contributed by atoms with Crippen LogP contribution in [-0.4, -0.2) is 59.0 Å². The summed E-state index contributed by atoms with van der Waals surface area (Å²) in [5.74, 6) is 1.38. The van der Waals surface area contributed by atoms with Crippen LogP contribution < -0.4 is 10.2 Å². The van der Waals surface area contributed by atoms with Gasteiger partial charge in [0.2, 0.25) is 5.91 Å². The fraction of sp³-hybridized carbons (Fsp3) is 0.500. The molecular weight excluding hydrogens is 374 g/mol. The van der Waals surface area contributed by atoms with Gasteiger partial charge >= 0.3 is 0 Å². The third-order valence-electron chi connectivity index (χ3n) is 6.93. The van der Waals surface area contributed by atoms with Crippen molar-refractivity contribution in [3.05, 3.63) is 42.6 Å². The van der Waals surface area contributed by atoms with Crippen molar-refractivity contribution in [2.75, 3.05) is 37.6 Å². The van der Waals surface area contributed by atoms with Crippen molar-refractivity contribution in [3.8, 4) is 0 Å². The number of amides is 1. The van der Waals surface area contributed by atoms with E-state index in [0.29, 0.717) is 6.04 Å². The first-order chi connectivity index (χ1) is 14.7. The monoisotopic (exact) mass is 405 g/mol. The van der Waals surface area contributed by atoms with E-state index in [1.807, 2.05) is 6.07 Å². The number of hydrogen-bond acceptors (Lipinski definition) is 4. The molecule has 5 rings (SSSR count). The van der Waals surface area contributed by atoms with E-state index < -0.39 is 0 Å². The Morgan fingerprint density at radius 1 is 1.07 bits per heavy atom. The lowest BCUT2D eigenvalue weighted by Crippen LogP contribution is -2.45. The molecule has 2 saturated heterocycles. The Kier molecular flexibility index (Phi) is 5.34. The van der Waals surface area contributed by atoms with E-state index in [1.165, 1.54) is 19.4 Å². The lowest BCUT2D eigenvalue weighted by molar-refractivity contribution is -0.125. The molecular formula is C24H31N5O. The summed E-state index contributed by atoms with van der Waals surface area (Å²) in [5.41, 5.74) is 3.27.